The molecule has 130 valence electrons. The van der Waals surface area contributed by atoms with E-state index in [1.807, 2.05) is 24.3 Å². The van der Waals surface area contributed by atoms with Gasteiger partial charge in [0.25, 0.3) is 0 Å². The van der Waals surface area contributed by atoms with E-state index in [-0.39, 0.29) is 0 Å². The average molecular weight is 402 g/mol. The van der Waals surface area contributed by atoms with Crippen LogP contribution >= 0.6 is 45.9 Å². The summed E-state index contributed by atoms with van der Waals surface area (Å²) in [5, 5.41) is 11.7. The quantitative estimate of drug-likeness (QED) is 0.718. The van der Waals surface area contributed by atoms with E-state index in [4.69, 9.17) is 23.2 Å². The SMILES string of the molecule is CN1[C@@H]2CC[C@H]1C[C@@H](CC(O)(c1ccc(Cl)s1)c1ccc(Cl)s1)C2. The highest BCUT2D eigenvalue weighted by atomic mass is 35.5. The van der Waals surface area contributed by atoms with Gasteiger partial charge in [-0.1, -0.05) is 23.2 Å². The van der Waals surface area contributed by atoms with Crippen LogP contribution in [-0.4, -0.2) is 29.1 Å². The Morgan fingerprint density at radius 2 is 1.54 bits per heavy atom. The van der Waals surface area contributed by atoms with Crippen molar-refractivity contribution >= 4 is 45.9 Å². The molecule has 0 saturated carbocycles. The number of aliphatic hydroxyl groups is 1. The Morgan fingerprint density at radius 1 is 1.04 bits per heavy atom. The Labute approximate surface area is 161 Å². The average Bonchev–Trinajstić information content (AvgIpc) is 3.20. The fourth-order valence-electron chi connectivity index (χ4n) is 4.50. The maximum atomic E-state index is 11.7. The van der Waals surface area contributed by atoms with Crippen LogP contribution in [0.25, 0.3) is 0 Å². The molecule has 2 aliphatic heterocycles. The number of fused-ring (bicyclic) bond motifs is 2. The Kier molecular flexibility index (Phi) is 4.74. The first kappa shape index (κ1) is 17.3. The Bertz CT molecular complexity index is 674. The van der Waals surface area contributed by atoms with Crippen molar-refractivity contribution in [3.63, 3.8) is 0 Å². The lowest BCUT2D eigenvalue weighted by Crippen LogP contribution is -2.42. The zero-order valence-electron chi connectivity index (χ0n) is 13.5. The van der Waals surface area contributed by atoms with Crippen LogP contribution in [0.3, 0.4) is 0 Å². The van der Waals surface area contributed by atoms with Gasteiger partial charge in [-0.3, -0.25) is 0 Å². The van der Waals surface area contributed by atoms with E-state index in [1.54, 1.807) is 0 Å². The molecule has 0 amide bonds. The highest BCUT2D eigenvalue weighted by molar-refractivity contribution is 7.17. The van der Waals surface area contributed by atoms with E-state index in [0.29, 0.717) is 18.0 Å². The molecule has 0 aliphatic carbocycles. The second-order valence-corrected chi connectivity index (χ2v) is 10.6. The summed E-state index contributed by atoms with van der Waals surface area (Å²) < 4.78 is 1.43. The zero-order chi connectivity index (χ0) is 16.9. The summed E-state index contributed by atoms with van der Waals surface area (Å²) in [7, 11) is 2.25. The maximum Gasteiger partial charge on any atom is 0.133 e. The fraction of sp³-hybridized carbons (Fsp3) is 0.556. The number of hydrogen-bond acceptors (Lipinski definition) is 4. The Hall–Kier alpha value is -0.100. The van der Waals surface area contributed by atoms with Crippen molar-refractivity contribution in [2.24, 2.45) is 5.92 Å². The predicted octanol–water partition coefficient (Wildman–Crippen LogP) is 5.62. The van der Waals surface area contributed by atoms with Gasteiger partial charge in [-0.15, -0.1) is 22.7 Å². The minimum atomic E-state index is -0.977. The first-order chi connectivity index (χ1) is 11.5. The number of hydrogen-bond donors (Lipinski definition) is 1. The van der Waals surface area contributed by atoms with Crippen molar-refractivity contribution in [2.45, 2.75) is 49.8 Å². The van der Waals surface area contributed by atoms with E-state index >= 15 is 0 Å². The lowest BCUT2D eigenvalue weighted by molar-refractivity contribution is 0.0321. The highest BCUT2D eigenvalue weighted by Gasteiger charge is 2.43. The molecular formula is C18H21Cl2NOS2. The Balaban J connectivity index is 1.64. The summed E-state index contributed by atoms with van der Waals surface area (Å²) in [6, 6.07) is 9.03. The lowest BCUT2D eigenvalue weighted by atomic mass is 9.80. The van der Waals surface area contributed by atoms with Gasteiger partial charge in [0, 0.05) is 21.8 Å². The minimum Gasteiger partial charge on any atom is -0.379 e. The summed E-state index contributed by atoms with van der Waals surface area (Å²) in [5.41, 5.74) is -0.977. The van der Waals surface area contributed by atoms with Gasteiger partial charge in [-0.25, -0.2) is 0 Å². The maximum absolute atomic E-state index is 11.7. The molecular weight excluding hydrogens is 381 g/mol. The second-order valence-electron chi connectivity index (χ2n) is 7.16. The summed E-state index contributed by atoms with van der Waals surface area (Å²) >= 11 is 15.3. The fourth-order valence-corrected chi connectivity index (χ4v) is 6.88. The van der Waals surface area contributed by atoms with Gasteiger partial charge in [0.15, 0.2) is 0 Å². The lowest BCUT2D eigenvalue weighted by Gasteiger charge is -2.39. The molecule has 2 fully saturated rings. The summed E-state index contributed by atoms with van der Waals surface area (Å²) in [6.07, 6.45) is 5.69. The molecule has 0 radical (unpaired) electrons. The largest absolute Gasteiger partial charge is 0.379 e. The zero-order valence-corrected chi connectivity index (χ0v) is 16.7. The van der Waals surface area contributed by atoms with Crippen LogP contribution in [0.5, 0.6) is 0 Å². The number of halogens is 2. The molecule has 3 atom stereocenters. The summed E-state index contributed by atoms with van der Waals surface area (Å²) in [5.74, 6) is 0.533. The topological polar surface area (TPSA) is 23.5 Å². The van der Waals surface area contributed by atoms with Crippen LogP contribution in [0.15, 0.2) is 24.3 Å². The molecule has 2 nitrogen and oxygen atoms in total. The standard InChI is InChI=1S/C18H21Cl2NOS2/c1-21-12-2-3-13(21)9-11(8-12)10-18(22,14-4-6-16(19)23-14)15-5-7-17(20)24-15/h4-7,11-13,22H,2-3,8-10H2,1H3/t11-,12+,13-. The number of thiophene rings is 2. The van der Waals surface area contributed by atoms with Crippen LogP contribution in [-0.2, 0) is 5.60 Å². The highest BCUT2D eigenvalue weighted by Crippen LogP contribution is 2.48. The van der Waals surface area contributed by atoms with E-state index < -0.39 is 5.60 Å². The van der Waals surface area contributed by atoms with E-state index in [9.17, 15) is 5.11 Å². The van der Waals surface area contributed by atoms with Gasteiger partial charge in [0.1, 0.15) is 5.60 Å². The smallest absolute Gasteiger partial charge is 0.133 e. The van der Waals surface area contributed by atoms with E-state index in [2.05, 4.69) is 11.9 Å². The van der Waals surface area contributed by atoms with E-state index in [0.717, 1.165) is 24.8 Å². The van der Waals surface area contributed by atoms with Gasteiger partial charge in [-0.05, 0) is 69.3 Å². The van der Waals surface area contributed by atoms with Crippen LogP contribution < -0.4 is 0 Å². The molecule has 4 rings (SSSR count). The summed E-state index contributed by atoms with van der Waals surface area (Å²) in [6.45, 7) is 0. The molecule has 2 aromatic rings. The van der Waals surface area contributed by atoms with Gasteiger partial charge in [0.05, 0.1) is 8.67 Å². The third-order valence-electron chi connectivity index (χ3n) is 5.74. The number of rotatable bonds is 4. The summed E-state index contributed by atoms with van der Waals surface area (Å²) in [4.78, 5) is 4.40. The molecule has 2 aliphatic rings. The van der Waals surface area contributed by atoms with E-state index in [1.165, 1.54) is 48.4 Å². The predicted molar refractivity (Wildman–Crippen MR) is 104 cm³/mol. The molecule has 2 bridgehead atoms. The normalized spacial score (nSPS) is 27.8. The molecule has 0 unspecified atom stereocenters. The van der Waals surface area contributed by atoms with Crippen LogP contribution in [0.1, 0.15) is 41.9 Å². The minimum absolute atomic E-state index is 0.533. The molecule has 6 heteroatoms. The molecule has 2 saturated heterocycles. The molecule has 0 spiro atoms. The number of nitrogens with zero attached hydrogens (tertiary/aromatic N) is 1. The first-order valence-corrected chi connectivity index (χ1v) is 10.8. The monoisotopic (exact) mass is 401 g/mol. The molecule has 4 heterocycles. The van der Waals surface area contributed by atoms with Gasteiger partial charge in [0.2, 0.25) is 0 Å². The molecule has 1 N–H and O–H groups in total. The van der Waals surface area contributed by atoms with Crippen LogP contribution in [0.2, 0.25) is 8.67 Å². The first-order valence-electron chi connectivity index (χ1n) is 8.41. The Morgan fingerprint density at radius 3 is 1.96 bits per heavy atom. The van der Waals surface area contributed by atoms with Gasteiger partial charge in [-0.2, -0.15) is 0 Å². The van der Waals surface area contributed by atoms with Crippen molar-refractivity contribution < 1.29 is 5.11 Å². The van der Waals surface area contributed by atoms with Crippen molar-refractivity contribution in [2.75, 3.05) is 7.05 Å². The van der Waals surface area contributed by atoms with Crippen molar-refractivity contribution in [1.82, 2.24) is 4.90 Å². The third kappa shape index (κ3) is 3.06. The third-order valence-corrected chi connectivity index (χ3v) is 8.51. The van der Waals surface area contributed by atoms with Crippen LogP contribution in [0.4, 0.5) is 0 Å². The van der Waals surface area contributed by atoms with Crippen molar-refractivity contribution in [1.29, 1.82) is 0 Å². The second kappa shape index (κ2) is 6.57. The van der Waals surface area contributed by atoms with Gasteiger partial charge >= 0.3 is 0 Å². The van der Waals surface area contributed by atoms with Gasteiger partial charge < -0.3 is 10.0 Å². The molecule has 0 aromatic carbocycles. The molecule has 24 heavy (non-hydrogen) atoms. The molecule has 2 aromatic heterocycles. The van der Waals surface area contributed by atoms with Crippen LogP contribution in [0, 0.1) is 5.92 Å². The number of piperidine rings is 1. The van der Waals surface area contributed by atoms with Crippen molar-refractivity contribution in [3.05, 3.63) is 42.7 Å². The van der Waals surface area contributed by atoms with Crippen molar-refractivity contribution in [3.8, 4) is 0 Å².